The van der Waals surface area contributed by atoms with Crippen LogP contribution in [0, 0.1) is 12.7 Å². The molecule has 0 aliphatic carbocycles. The molecule has 0 saturated heterocycles. The summed E-state index contributed by atoms with van der Waals surface area (Å²) < 4.78 is 13.4. The summed E-state index contributed by atoms with van der Waals surface area (Å²) in [5, 5.41) is 3.13. The number of hydrogen-bond donors (Lipinski definition) is 2. The van der Waals surface area contributed by atoms with Gasteiger partial charge in [-0.1, -0.05) is 18.2 Å². The number of carbonyl (C=O) groups excluding carboxylic acids is 1. The maximum atomic E-state index is 13.4. The molecule has 1 aliphatic heterocycles. The van der Waals surface area contributed by atoms with E-state index in [9.17, 15) is 9.18 Å². The largest absolute Gasteiger partial charge is 0.366 e. The smallest absolute Gasteiger partial charge is 0.249 e. The number of benzene rings is 2. The van der Waals surface area contributed by atoms with Gasteiger partial charge in [0, 0.05) is 23.8 Å². The van der Waals surface area contributed by atoms with Crippen LogP contribution in [0.3, 0.4) is 0 Å². The molecule has 1 unspecified atom stereocenters. The number of rotatable bonds is 5. The van der Waals surface area contributed by atoms with Crippen LogP contribution in [-0.4, -0.2) is 26.9 Å². The summed E-state index contributed by atoms with van der Waals surface area (Å²) in [5.74, 6) is 0.726. The van der Waals surface area contributed by atoms with Gasteiger partial charge in [-0.25, -0.2) is 4.39 Å². The molecule has 1 atom stereocenters. The lowest BCUT2D eigenvalue weighted by Crippen LogP contribution is -2.26. The minimum absolute atomic E-state index is 0.0587. The number of aryl methyl sites for hydroxylation is 1. The van der Waals surface area contributed by atoms with Crippen LogP contribution in [0.1, 0.15) is 34.2 Å². The predicted octanol–water partition coefficient (Wildman–Crippen LogP) is 3.11. The van der Waals surface area contributed by atoms with Crippen LogP contribution in [0.5, 0.6) is 0 Å². The SMILES string of the molecule is Cc1nc(NCc2cccc(F)c2)nc(N2c3cccc(C(N)=O)c3CC2C)n1. The lowest BCUT2D eigenvalue weighted by Gasteiger charge is -2.23. The second-order valence-electron chi connectivity index (χ2n) is 7.08. The number of fused-ring (bicyclic) bond motifs is 1. The third-order valence-electron chi connectivity index (χ3n) is 4.91. The maximum absolute atomic E-state index is 13.4. The molecule has 2 aromatic carbocycles. The van der Waals surface area contributed by atoms with E-state index in [-0.39, 0.29) is 11.9 Å². The molecular weight excluding hydrogens is 371 g/mol. The lowest BCUT2D eigenvalue weighted by molar-refractivity contribution is 0.0999. The molecule has 1 amide bonds. The Morgan fingerprint density at radius 3 is 2.79 bits per heavy atom. The topological polar surface area (TPSA) is 97.0 Å². The Labute approximate surface area is 167 Å². The molecule has 148 valence electrons. The van der Waals surface area contributed by atoms with Crippen molar-refractivity contribution in [1.29, 1.82) is 0 Å². The lowest BCUT2D eigenvalue weighted by atomic mass is 10.0. The van der Waals surface area contributed by atoms with Gasteiger partial charge in [-0.3, -0.25) is 4.79 Å². The van der Waals surface area contributed by atoms with E-state index in [1.165, 1.54) is 12.1 Å². The van der Waals surface area contributed by atoms with Crippen molar-refractivity contribution in [3.05, 3.63) is 70.8 Å². The molecular formula is C21H21FN6O. The Bertz CT molecular complexity index is 1090. The normalized spacial score (nSPS) is 15.3. The van der Waals surface area contributed by atoms with Crippen molar-refractivity contribution >= 4 is 23.5 Å². The van der Waals surface area contributed by atoms with E-state index < -0.39 is 5.91 Å². The Kier molecular flexibility index (Phi) is 4.84. The number of hydrogen-bond acceptors (Lipinski definition) is 6. The van der Waals surface area contributed by atoms with E-state index in [2.05, 4.69) is 20.3 Å². The first-order chi connectivity index (χ1) is 13.9. The number of carbonyl (C=O) groups is 1. The van der Waals surface area contributed by atoms with Gasteiger partial charge in [0.05, 0.1) is 0 Å². The Hall–Kier alpha value is -3.55. The zero-order chi connectivity index (χ0) is 20.5. The van der Waals surface area contributed by atoms with Crippen LogP contribution in [0.15, 0.2) is 42.5 Å². The standard InChI is InChI=1S/C21H21FN6O/c1-12-9-17-16(19(23)29)7-4-8-18(17)28(12)21-26-13(2)25-20(27-21)24-11-14-5-3-6-15(22)10-14/h3-8,10,12H,9,11H2,1-2H3,(H2,23,29)(H,24,25,26,27). The predicted molar refractivity (Wildman–Crippen MR) is 109 cm³/mol. The van der Waals surface area contributed by atoms with Crippen LogP contribution in [0.25, 0.3) is 0 Å². The number of nitrogens with one attached hydrogen (secondary N) is 1. The summed E-state index contributed by atoms with van der Waals surface area (Å²) in [6.07, 6.45) is 0.672. The van der Waals surface area contributed by atoms with Crippen molar-refractivity contribution < 1.29 is 9.18 Å². The van der Waals surface area contributed by atoms with Gasteiger partial charge in [0.1, 0.15) is 11.6 Å². The molecule has 0 spiro atoms. The fraction of sp³-hybridized carbons (Fsp3) is 0.238. The average Bonchev–Trinajstić information content (AvgIpc) is 3.01. The first-order valence-corrected chi connectivity index (χ1v) is 9.34. The minimum Gasteiger partial charge on any atom is -0.366 e. The second-order valence-corrected chi connectivity index (χ2v) is 7.08. The van der Waals surface area contributed by atoms with Crippen molar-refractivity contribution in [2.24, 2.45) is 5.73 Å². The van der Waals surface area contributed by atoms with Gasteiger partial charge in [-0.05, 0) is 55.7 Å². The van der Waals surface area contributed by atoms with Crippen molar-refractivity contribution in [2.75, 3.05) is 10.2 Å². The molecule has 1 aromatic heterocycles. The highest BCUT2D eigenvalue weighted by atomic mass is 19.1. The van der Waals surface area contributed by atoms with E-state index in [0.29, 0.717) is 36.3 Å². The van der Waals surface area contributed by atoms with E-state index in [0.717, 1.165) is 16.8 Å². The summed E-state index contributed by atoms with van der Waals surface area (Å²) in [7, 11) is 0. The summed E-state index contributed by atoms with van der Waals surface area (Å²) in [4.78, 5) is 27.2. The van der Waals surface area contributed by atoms with E-state index in [4.69, 9.17) is 5.73 Å². The number of anilines is 3. The molecule has 3 aromatic rings. The zero-order valence-electron chi connectivity index (χ0n) is 16.2. The van der Waals surface area contributed by atoms with Crippen molar-refractivity contribution in [1.82, 2.24) is 15.0 Å². The van der Waals surface area contributed by atoms with Crippen molar-refractivity contribution in [3.63, 3.8) is 0 Å². The molecule has 0 bridgehead atoms. The van der Waals surface area contributed by atoms with E-state index in [1.807, 2.05) is 24.0 Å². The fourth-order valence-corrected chi connectivity index (χ4v) is 3.66. The highest BCUT2D eigenvalue weighted by molar-refractivity contribution is 5.97. The van der Waals surface area contributed by atoms with E-state index in [1.54, 1.807) is 25.1 Å². The number of nitrogens with two attached hydrogens (primary N) is 1. The molecule has 2 heterocycles. The molecule has 8 heteroatoms. The van der Waals surface area contributed by atoms with E-state index >= 15 is 0 Å². The number of aromatic nitrogens is 3. The van der Waals surface area contributed by atoms with Gasteiger partial charge in [0.25, 0.3) is 0 Å². The molecule has 7 nitrogen and oxygen atoms in total. The molecule has 3 N–H and O–H groups in total. The zero-order valence-corrected chi connectivity index (χ0v) is 16.2. The van der Waals surface area contributed by atoms with Gasteiger partial charge in [-0.2, -0.15) is 15.0 Å². The van der Waals surface area contributed by atoms with Gasteiger partial charge < -0.3 is 16.0 Å². The highest BCUT2D eigenvalue weighted by Crippen LogP contribution is 2.38. The average molecular weight is 392 g/mol. The van der Waals surface area contributed by atoms with Crippen LogP contribution >= 0.6 is 0 Å². The van der Waals surface area contributed by atoms with Gasteiger partial charge in [0.15, 0.2) is 0 Å². The number of amides is 1. The molecule has 1 aliphatic rings. The number of nitrogens with zero attached hydrogens (tertiary/aromatic N) is 4. The Morgan fingerprint density at radius 1 is 1.24 bits per heavy atom. The highest BCUT2D eigenvalue weighted by Gasteiger charge is 2.32. The van der Waals surface area contributed by atoms with Crippen molar-refractivity contribution in [2.45, 2.75) is 32.9 Å². The summed E-state index contributed by atoms with van der Waals surface area (Å²) >= 11 is 0. The number of primary amides is 1. The Balaban J connectivity index is 1.65. The van der Waals surface area contributed by atoms with Gasteiger partial charge >= 0.3 is 0 Å². The van der Waals surface area contributed by atoms with Gasteiger partial charge in [0.2, 0.25) is 17.8 Å². The molecule has 29 heavy (non-hydrogen) atoms. The third-order valence-corrected chi connectivity index (χ3v) is 4.91. The number of halogens is 1. The summed E-state index contributed by atoms with van der Waals surface area (Å²) in [6.45, 7) is 4.22. The van der Waals surface area contributed by atoms with Gasteiger partial charge in [-0.15, -0.1) is 0 Å². The van der Waals surface area contributed by atoms with Crippen LogP contribution in [-0.2, 0) is 13.0 Å². The van der Waals surface area contributed by atoms with Crippen LogP contribution in [0.4, 0.5) is 22.0 Å². The third kappa shape index (κ3) is 3.73. The monoisotopic (exact) mass is 392 g/mol. The first-order valence-electron chi connectivity index (χ1n) is 9.34. The molecule has 4 rings (SSSR count). The van der Waals surface area contributed by atoms with Crippen molar-refractivity contribution in [3.8, 4) is 0 Å². The first kappa shape index (κ1) is 18.8. The second kappa shape index (κ2) is 7.46. The Morgan fingerprint density at radius 2 is 2.03 bits per heavy atom. The molecule has 0 fully saturated rings. The molecule has 0 radical (unpaired) electrons. The quantitative estimate of drug-likeness (QED) is 0.692. The summed E-state index contributed by atoms with van der Waals surface area (Å²) in [5.41, 5.74) is 8.62. The fourth-order valence-electron chi connectivity index (χ4n) is 3.66. The molecule has 0 saturated carbocycles. The van der Waals surface area contributed by atoms with Crippen LogP contribution in [0.2, 0.25) is 0 Å². The maximum Gasteiger partial charge on any atom is 0.249 e. The summed E-state index contributed by atoms with van der Waals surface area (Å²) in [6, 6.07) is 11.9. The van der Waals surface area contributed by atoms with Crippen LogP contribution < -0.4 is 16.0 Å². The minimum atomic E-state index is -0.444.